The van der Waals surface area contributed by atoms with Crippen LogP contribution in [0.5, 0.6) is 0 Å². The van der Waals surface area contributed by atoms with Crippen molar-refractivity contribution in [3.05, 3.63) is 12.2 Å². The molecule has 0 aromatic carbocycles. The maximum Gasteiger partial charge on any atom is 0.311 e. The lowest BCUT2D eigenvalue weighted by Crippen LogP contribution is -2.59. The van der Waals surface area contributed by atoms with Gasteiger partial charge in [0, 0.05) is 38.5 Å². The van der Waals surface area contributed by atoms with Gasteiger partial charge in [-0.25, -0.2) is 0 Å². The number of allylic oxidation sites excluding steroid dienone is 1. The lowest BCUT2D eigenvalue weighted by atomic mass is 9.66. The van der Waals surface area contributed by atoms with E-state index in [-0.39, 0.29) is 30.4 Å². The van der Waals surface area contributed by atoms with Crippen molar-refractivity contribution in [2.24, 2.45) is 34.2 Å². The van der Waals surface area contributed by atoms with Crippen molar-refractivity contribution < 1.29 is 58.5 Å². The first kappa shape index (κ1) is 53.7. The molecule has 2 saturated heterocycles. The number of hydrogen-bond acceptors (Lipinski definition) is 14. The number of aliphatic hydroxyl groups is 3. The molecule has 0 spiro atoms. The van der Waals surface area contributed by atoms with Gasteiger partial charge in [-0.15, -0.1) is 12.3 Å². The highest BCUT2D eigenvalue weighted by molar-refractivity contribution is 5.87. The van der Waals surface area contributed by atoms with Crippen LogP contribution in [-0.2, 0) is 38.0 Å². The number of hydrogen-bond donors (Lipinski definition) is 4. The number of terminal acetylenes is 1. The van der Waals surface area contributed by atoms with Crippen LogP contribution in [0.3, 0.4) is 0 Å². The number of carbonyl (C=O) groups excluding carboxylic acids is 2. The molecule has 0 aliphatic carbocycles. The molecule has 346 valence electrons. The Labute approximate surface area is 360 Å². The first-order valence-corrected chi connectivity index (χ1v) is 21.8. The zero-order valence-corrected chi connectivity index (χ0v) is 39.1. The summed E-state index contributed by atoms with van der Waals surface area (Å²) in [6.07, 6.45) is 1.02. The number of oxime groups is 1. The number of ether oxygens (including phenoxy) is 6. The van der Waals surface area contributed by atoms with Crippen LogP contribution in [0.25, 0.3) is 0 Å². The van der Waals surface area contributed by atoms with Crippen molar-refractivity contribution >= 4 is 18.0 Å². The third kappa shape index (κ3) is 14.0. The van der Waals surface area contributed by atoms with Crippen molar-refractivity contribution in [2.45, 2.75) is 201 Å². The number of aldehydes is 1. The molecular formula is C46H80N2O12. The molecule has 0 aromatic heterocycles. The molecule has 0 radical (unpaired) electrons. The molecule has 2 aliphatic heterocycles. The summed E-state index contributed by atoms with van der Waals surface area (Å²) in [4.78, 5) is 28.3. The Hall–Kier alpha value is -2.45. The van der Waals surface area contributed by atoms with E-state index in [1.165, 1.54) is 7.11 Å². The summed E-state index contributed by atoms with van der Waals surface area (Å²) in [6, 6.07) is -0.360. The van der Waals surface area contributed by atoms with Gasteiger partial charge in [-0.1, -0.05) is 53.3 Å². The smallest absolute Gasteiger partial charge is 0.311 e. The van der Waals surface area contributed by atoms with Gasteiger partial charge in [0.25, 0.3) is 0 Å². The number of likely N-dealkylation sites (N-methyl/N-ethyl adjacent to an activating group) is 1. The van der Waals surface area contributed by atoms with Gasteiger partial charge in [-0.2, -0.15) is 0 Å². The molecule has 2 rings (SSSR count). The average Bonchev–Trinajstić information content (AvgIpc) is 3.18. The normalized spacial score (nSPS) is 30.7. The van der Waals surface area contributed by atoms with E-state index in [1.54, 1.807) is 34.6 Å². The Morgan fingerprint density at radius 3 is 2.28 bits per heavy atom. The van der Waals surface area contributed by atoms with Gasteiger partial charge in [-0.05, 0) is 104 Å². The zero-order chi connectivity index (χ0) is 45.9. The highest BCUT2D eigenvalue weighted by Crippen LogP contribution is 2.46. The minimum atomic E-state index is -1.33. The second-order valence-corrected chi connectivity index (χ2v) is 19.0. The van der Waals surface area contributed by atoms with Crippen LogP contribution < -0.4 is 0 Å². The van der Waals surface area contributed by atoms with Crippen LogP contribution in [0.2, 0.25) is 0 Å². The van der Waals surface area contributed by atoms with Crippen LogP contribution >= 0.6 is 0 Å². The van der Waals surface area contributed by atoms with Crippen molar-refractivity contribution in [1.29, 1.82) is 0 Å². The highest BCUT2D eigenvalue weighted by atomic mass is 16.7. The fourth-order valence-corrected chi connectivity index (χ4v) is 9.25. The predicted molar refractivity (Wildman–Crippen MR) is 230 cm³/mol. The number of aliphatic hydroxyl groups excluding tert-OH is 2. The number of methoxy groups -OCH3 is 1. The molecule has 4 N–H and O–H groups in total. The average molecular weight is 853 g/mol. The molecule has 14 nitrogen and oxygen atoms in total. The lowest BCUT2D eigenvalue weighted by molar-refractivity contribution is -0.314. The Balaban J connectivity index is 2.90. The quantitative estimate of drug-likeness (QED) is 0.0171. The third-order valence-electron chi connectivity index (χ3n) is 13.0. The monoisotopic (exact) mass is 853 g/mol. The molecule has 14 heteroatoms. The van der Waals surface area contributed by atoms with Gasteiger partial charge in [-0.3, -0.25) is 14.5 Å². The minimum absolute atomic E-state index is 0.0938. The summed E-state index contributed by atoms with van der Waals surface area (Å²) in [7, 11) is 3.42. The van der Waals surface area contributed by atoms with E-state index >= 15 is 0 Å². The summed E-state index contributed by atoms with van der Waals surface area (Å²) in [6.45, 7) is 26.4. The number of rotatable bonds is 24. The zero-order valence-electron chi connectivity index (χ0n) is 39.1. The fourth-order valence-electron chi connectivity index (χ4n) is 9.25. The summed E-state index contributed by atoms with van der Waals surface area (Å²) in [5.74, 6) is 0.00155. The maximum atomic E-state index is 14.3. The van der Waals surface area contributed by atoms with Crippen molar-refractivity contribution in [3.8, 4) is 12.3 Å². The second-order valence-electron chi connectivity index (χ2n) is 19.0. The molecule has 60 heavy (non-hydrogen) atoms. The Kier molecular flexibility index (Phi) is 20.8. The van der Waals surface area contributed by atoms with E-state index in [0.717, 1.165) is 6.29 Å². The van der Waals surface area contributed by atoms with E-state index in [2.05, 4.69) is 17.7 Å². The van der Waals surface area contributed by atoms with Crippen LogP contribution in [0.1, 0.15) is 128 Å². The van der Waals surface area contributed by atoms with Gasteiger partial charge in [0.1, 0.15) is 24.6 Å². The maximum absolute atomic E-state index is 14.3. The van der Waals surface area contributed by atoms with Gasteiger partial charge in [0.2, 0.25) is 0 Å². The van der Waals surface area contributed by atoms with Crippen molar-refractivity contribution in [1.82, 2.24) is 4.90 Å². The topological polar surface area (TPSA) is 186 Å². The minimum Gasteiger partial charge on any atom is -0.459 e. The molecule has 15 atom stereocenters. The first-order valence-electron chi connectivity index (χ1n) is 21.8. The van der Waals surface area contributed by atoms with E-state index in [0.29, 0.717) is 56.4 Å². The summed E-state index contributed by atoms with van der Waals surface area (Å²) in [5.41, 5.74) is -2.31. The van der Waals surface area contributed by atoms with Crippen molar-refractivity contribution in [2.75, 3.05) is 20.7 Å². The third-order valence-corrected chi connectivity index (χ3v) is 13.0. The molecule has 0 aromatic rings. The van der Waals surface area contributed by atoms with E-state index in [4.69, 9.17) is 34.8 Å². The Morgan fingerprint density at radius 2 is 1.77 bits per heavy atom. The SMILES string of the molecule is C#CCCN(C)[C@H]1C[C@@H](C)O[C@@H](O[C@H]([C@@H](C)[C@H](O[C@H]2C[C@@](C)(OC)[C@@H](O)[C@H](C)O2)[C@@H](C)C(=O)O[C@H](CC)C(C)(C)O)[C@](C)(CCC(=C)C=O)C[C@@H](C)/C(=N\O)C(C)C)[C@@H]1O. The van der Waals surface area contributed by atoms with Gasteiger partial charge < -0.3 is 48.9 Å². The molecule has 2 heterocycles. The molecule has 0 amide bonds. The van der Waals surface area contributed by atoms with E-state index < -0.39 is 83.6 Å². The standard InChI is InChI=1S/C46H80N2O12/c1-17-19-22-48(15)34-23-30(7)56-43(38(34)50)60-41(45(13,21-20-28(5)26-49)24-29(6)37(47-54)27(3)4)31(8)39(32(9)42(52)58-35(18-2)44(11,12)53)59-36-25-46(14,55-16)40(51)33(10)57-36/h1,26-27,29-36,38-41,43,50-51,53-54H,5,18-25H2,2-4,6-16H3/b47-37-/t29-,30-,31+,32-,33+,34+,35-,36+,38-,39+,40+,41-,43+,45-,46-/m1/s1. The van der Waals surface area contributed by atoms with Crippen LogP contribution in [0.4, 0.5) is 0 Å². The largest absolute Gasteiger partial charge is 0.459 e. The number of carbonyl (C=O) groups is 2. The molecular weight excluding hydrogens is 773 g/mol. The molecule has 2 fully saturated rings. The summed E-state index contributed by atoms with van der Waals surface area (Å²) >= 11 is 0. The van der Waals surface area contributed by atoms with Crippen LogP contribution in [0.15, 0.2) is 17.3 Å². The Bertz CT molecular complexity index is 1440. The van der Waals surface area contributed by atoms with Crippen LogP contribution in [-0.4, -0.2) is 137 Å². The molecule has 0 bridgehead atoms. The lowest BCUT2D eigenvalue weighted by Gasteiger charge is -2.50. The van der Waals surface area contributed by atoms with Gasteiger partial charge >= 0.3 is 5.97 Å². The highest BCUT2D eigenvalue weighted by Gasteiger charge is 2.52. The molecule has 2 aliphatic rings. The second kappa shape index (κ2) is 23.3. The predicted octanol–water partition coefficient (Wildman–Crippen LogP) is 5.90. The molecule has 0 saturated carbocycles. The number of esters is 1. The number of nitrogens with zero attached hydrogens (tertiary/aromatic N) is 2. The van der Waals surface area contributed by atoms with Gasteiger partial charge in [0.05, 0.1) is 47.2 Å². The fraction of sp³-hybridized carbons (Fsp3) is 0.848. The van der Waals surface area contributed by atoms with Crippen LogP contribution in [0, 0.1) is 41.4 Å². The summed E-state index contributed by atoms with van der Waals surface area (Å²) in [5, 5.41) is 47.9. The van der Waals surface area contributed by atoms with Gasteiger partial charge in [0.15, 0.2) is 12.6 Å². The first-order chi connectivity index (χ1) is 27.8. The Morgan fingerprint density at radius 1 is 1.13 bits per heavy atom. The van der Waals surface area contributed by atoms with Crippen molar-refractivity contribution in [3.63, 3.8) is 0 Å². The molecule has 0 unspecified atom stereocenters. The van der Waals surface area contributed by atoms with E-state index in [9.17, 15) is 30.1 Å². The van der Waals surface area contributed by atoms with E-state index in [1.807, 2.05) is 60.4 Å². The summed E-state index contributed by atoms with van der Waals surface area (Å²) < 4.78 is 38.5.